The van der Waals surface area contributed by atoms with Crippen LogP contribution in [0.4, 0.5) is 4.39 Å². The second-order valence-corrected chi connectivity index (χ2v) is 10.1. The SMILES string of the molecule is COc1ccc2c(c1)CCN1Cc3cc(OC)c(OC)c(OS(=O)(=O)c4cccc(F)c4)c3CC21. The molecule has 35 heavy (non-hydrogen) atoms. The highest BCUT2D eigenvalue weighted by molar-refractivity contribution is 7.87. The van der Waals surface area contributed by atoms with E-state index in [0.29, 0.717) is 18.7 Å². The maximum Gasteiger partial charge on any atom is 0.339 e. The van der Waals surface area contributed by atoms with Gasteiger partial charge in [-0.1, -0.05) is 12.1 Å². The minimum Gasteiger partial charge on any atom is -0.497 e. The molecule has 0 radical (unpaired) electrons. The summed E-state index contributed by atoms with van der Waals surface area (Å²) in [6, 6.07) is 12.7. The Morgan fingerprint density at radius 3 is 2.49 bits per heavy atom. The van der Waals surface area contributed by atoms with Gasteiger partial charge in [0.2, 0.25) is 5.75 Å². The molecule has 2 heterocycles. The molecule has 5 rings (SSSR count). The van der Waals surface area contributed by atoms with Crippen LogP contribution in [0.5, 0.6) is 23.0 Å². The summed E-state index contributed by atoms with van der Waals surface area (Å²) in [7, 11) is 0.243. The maximum absolute atomic E-state index is 13.8. The van der Waals surface area contributed by atoms with Crippen molar-refractivity contribution in [2.45, 2.75) is 30.3 Å². The predicted octanol–water partition coefficient (Wildman–Crippen LogP) is 4.27. The molecule has 0 aromatic heterocycles. The Bertz CT molecular complexity index is 1390. The Labute approximate surface area is 204 Å². The fraction of sp³-hybridized carbons (Fsp3) is 0.308. The summed E-state index contributed by atoms with van der Waals surface area (Å²) in [5.41, 5.74) is 4.02. The van der Waals surface area contributed by atoms with Crippen LogP contribution in [0.3, 0.4) is 0 Å². The van der Waals surface area contributed by atoms with Gasteiger partial charge in [-0.3, -0.25) is 4.90 Å². The van der Waals surface area contributed by atoms with E-state index in [0.717, 1.165) is 35.9 Å². The summed E-state index contributed by atoms with van der Waals surface area (Å²) >= 11 is 0. The molecule has 2 aliphatic heterocycles. The van der Waals surface area contributed by atoms with E-state index in [1.54, 1.807) is 7.11 Å². The van der Waals surface area contributed by atoms with Gasteiger partial charge in [-0.05, 0) is 65.9 Å². The largest absolute Gasteiger partial charge is 0.497 e. The zero-order valence-electron chi connectivity index (χ0n) is 19.7. The number of ether oxygens (including phenoxy) is 3. The first-order valence-corrected chi connectivity index (χ1v) is 12.6. The van der Waals surface area contributed by atoms with Crippen molar-refractivity contribution in [1.29, 1.82) is 0 Å². The quantitative estimate of drug-likeness (QED) is 0.469. The molecule has 3 aromatic carbocycles. The van der Waals surface area contributed by atoms with Crippen molar-refractivity contribution in [2.75, 3.05) is 27.9 Å². The van der Waals surface area contributed by atoms with Crippen molar-refractivity contribution in [3.63, 3.8) is 0 Å². The van der Waals surface area contributed by atoms with Gasteiger partial charge in [0, 0.05) is 24.7 Å². The number of halogens is 1. The van der Waals surface area contributed by atoms with Crippen molar-refractivity contribution in [1.82, 2.24) is 4.90 Å². The van der Waals surface area contributed by atoms with E-state index in [2.05, 4.69) is 17.0 Å². The second kappa shape index (κ2) is 9.05. The van der Waals surface area contributed by atoms with Gasteiger partial charge in [0.05, 0.1) is 21.3 Å². The fourth-order valence-corrected chi connectivity index (χ4v) is 5.99. The first-order valence-electron chi connectivity index (χ1n) is 11.2. The summed E-state index contributed by atoms with van der Waals surface area (Å²) in [6.45, 7) is 1.46. The summed E-state index contributed by atoms with van der Waals surface area (Å²) in [5.74, 6) is 0.775. The molecule has 0 N–H and O–H groups in total. The number of methoxy groups -OCH3 is 3. The molecule has 0 aliphatic carbocycles. The molecule has 9 heteroatoms. The van der Waals surface area contributed by atoms with Crippen molar-refractivity contribution >= 4 is 10.1 Å². The number of hydrogen-bond acceptors (Lipinski definition) is 7. The highest BCUT2D eigenvalue weighted by Gasteiger charge is 2.37. The minimum absolute atomic E-state index is 0.0366. The van der Waals surface area contributed by atoms with E-state index in [1.165, 1.54) is 43.5 Å². The van der Waals surface area contributed by atoms with Crippen LogP contribution in [-0.2, 0) is 29.5 Å². The van der Waals surface area contributed by atoms with Gasteiger partial charge in [-0.25, -0.2) is 4.39 Å². The topological polar surface area (TPSA) is 74.3 Å². The van der Waals surface area contributed by atoms with Crippen LogP contribution in [0.25, 0.3) is 0 Å². The summed E-state index contributed by atoms with van der Waals surface area (Å²) < 4.78 is 62.2. The Hall–Kier alpha value is -3.30. The summed E-state index contributed by atoms with van der Waals surface area (Å²) in [6.07, 6.45) is 1.41. The standard InChI is InChI=1S/C26H26FNO6S/c1-31-19-7-8-21-16(11-19)9-10-28-15-17-12-24(32-2)26(33-3)25(22(17)14-23(21)28)34-35(29,30)20-6-4-5-18(27)13-20/h4-8,11-13,23H,9-10,14-15H2,1-3H3. The third-order valence-electron chi connectivity index (χ3n) is 6.69. The van der Waals surface area contributed by atoms with E-state index in [-0.39, 0.29) is 22.4 Å². The van der Waals surface area contributed by atoms with Gasteiger partial charge in [-0.15, -0.1) is 0 Å². The molecule has 184 valence electrons. The molecule has 0 amide bonds. The van der Waals surface area contributed by atoms with Crippen LogP contribution in [0.15, 0.2) is 53.4 Å². The number of benzene rings is 3. The number of rotatable bonds is 6. The van der Waals surface area contributed by atoms with Crippen molar-refractivity contribution in [2.24, 2.45) is 0 Å². The molecule has 3 aromatic rings. The lowest BCUT2D eigenvalue weighted by Gasteiger charge is -2.42. The molecular weight excluding hydrogens is 473 g/mol. The lowest BCUT2D eigenvalue weighted by Crippen LogP contribution is -2.39. The molecule has 1 atom stereocenters. The first kappa shape index (κ1) is 23.4. The molecule has 0 fully saturated rings. The molecule has 0 bridgehead atoms. The van der Waals surface area contributed by atoms with E-state index in [1.807, 2.05) is 12.1 Å². The number of nitrogens with zero attached hydrogens (tertiary/aromatic N) is 1. The average Bonchev–Trinajstić information content (AvgIpc) is 2.86. The van der Waals surface area contributed by atoms with Crippen LogP contribution in [0, 0.1) is 5.82 Å². The zero-order chi connectivity index (χ0) is 24.7. The molecule has 7 nitrogen and oxygen atoms in total. The molecule has 0 spiro atoms. The molecule has 0 saturated carbocycles. The van der Waals surface area contributed by atoms with Crippen LogP contribution in [0.2, 0.25) is 0 Å². The highest BCUT2D eigenvalue weighted by atomic mass is 32.2. The normalized spacial score (nSPS) is 17.1. The fourth-order valence-electron chi connectivity index (χ4n) is 4.99. The third-order valence-corrected chi connectivity index (χ3v) is 7.91. The highest BCUT2D eigenvalue weighted by Crippen LogP contribution is 2.49. The lowest BCUT2D eigenvalue weighted by atomic mass is 9.83. The lowest BCUT2D eigenvalue weighted by molar-refractivity contribution is 0.159. The van der Waals surface area contributed by atoms with Gasteiger partial charge in [-0.2, -0.15) is 8.42 Å². The Morgan fingerprint density at radius 2 is 1.77 bits per heavy atom. The second-order valence-electron chi connectivity index (χ2n) is 8.58. The molecule has 1 unspecified atom stereocenters. The smallest absolute Gasteiger partial charge is 0.339 e. The van der Waals surface area contributed by atoms with Crippen LogP contribution in [0.1, 0.15) is 28.3 Å². The van der Waals surface area contributed by atoms with Gasteiger partial charge >= 0.3 is 10.1 Å². The monoisotopic (exact) mass is 499 g/mol. The van der Waals surface area contributed by atoms with Gasteiger partial charge in [0.1, 0.15) is 16.5 Å². The van der Waals surface area contributed by atoms with E-state index < -0.39 is 15.9 Å². The van der Waals surface area contributed by atoms with Gasteiger partial charge in [0.25, 0.3) is 0 Å². The Balaban J connectivity index is 1.61. The number of hydrogen-bond donors (Lipinski definition) is 0. The third kappa shape index (κ3) is 4.19. The Morgan fingerprint density at radius 1 is 0.943 bits per heavy atom. The van der Waals surface area contributed by atoms with Crippen molar-refractivity contribution in [3.8, 4) is 23.0 Å². The van der Waals surface area contributed by atoms with E-state index >= 15 is 0 Å². The summed E-state index contributed by atoms with van der Waals surface area (Å²) in [4.78, 5) is 2.09. The van der Waals surface area contributed by atoms with Gasteiger partial charge in [0.15, 0.2) is 11.5 Å². The van der Waals surface area contributed by atoms with Crippen LogP contribution in [-0.4, -0.2) is 41.2 Å². The Kier molecular flexibility index (Phi) is 6.06. The minimum atomic E-state index is -4.33. The average molecular weight is 500 g/mol. The zero-order valence-corrected chi connectivity index (χ0v) is 20.5. The molecule has 2 aliphatic rings. The van der Waals surface area contributed by atoms with Gasteiger partial charge < -0.3 is 18.4 Å². The van der Waals surface area contributed by atoms with Crippen molar-refractivity contribution < 1.29 is 31.2 Å². The molecule has 0 saturated heterocycles. The van der Waals surface area contributed by atoms with E-state index in [4.69, 9.17) is 18.4 Å². The van der Waals surface area contributed by atoms with Crippen molar-refractivity contribution in [3.05, 3.63) is 76.6 Å². The van der Waals surface area contributed by atoms with Crippen LogP contribution >= 0.6 is 0 Å². The summed E-state index contributed by atoms with van der Waals surface area (Å²) in [5, 5.41) is 0. The molecular formula is C26H26FNO6S. The maximum atomic E-state index is 13.8. The van der Waals surface area contributed by atoms with Crippen LogP contribution < -0.4 is 18.4 Å². The predicted molar refractivity (Wildman–Crippen MR) is 127 cm³/mol. The number of fused-ring (bicyclic) bond motifs is 4. The van der Waals surface area contributed by atoms with E-state index in [9.17, 15) is 12.8 Å². The first-order chi connectivity index (χ1) is 16.8.